The summed E-state index contributed by atoms with van der Waals surface area (Å²) in [6, 6.07) is 26.8. The van der Waals surface area contributed by atoms with Crippen molar-refractivity contribution in [2.45, 2.75) is 51.6 Å². The fourth-order valence-corrected chi connectivity index (χ4v) is 6.50. The highest BCUT2D eigenvalue weighted by Crippen LogP contribution is 2.27. The van der Waals surface area contributed by atoms with Gasteiger partial charge in [0.25, 0.3) is 10.0 Å². The van der Waals surface area contributed by atoms with Crippen LogP contribution in [0.1, 0.15) is 37.5 Å². The maximum atomic E-state index is 14.5. The Kier molecular flexibility index (Phi) is 12.1. The number of carbonyl (C=O) groups is 2. The Morgan fingerprint density at radius 2 is 1.51 bits per heavy atom. The lowest BCUT2D eigenvalue weighted by Crippen LogP contribution is -2.53. The summed E-state index contributed by atoms with van der Waals surface area (Å²) in [5, 5.41) is 2.98. The number of rotatable bonds is 15. The predicted octanol–water partition coefficient (Wildman–Crippen LogP) is 6.14. The van der Waals surface area contributed by atoms with E-state index in [-0.39, 0.29) is 35.4 Å². The summed E-state index contributed by atoms with van der Waals surface area (Å²) < 4.78 is 48.8. The van der Waals surface area contributed by atoms with Crippen LogP contribution in [0.5, 0.6) is 5.75 Å². The molecule has 4 rings (SSSR count). The first-order chi connectivity index (χ1) is 22.5. The van der Waals surface area contributed by atoms with Crippen molar-refractivity contribution in [2.75, 3.05) is 24.0 Å². The first kappa shape index (κ1) is 35.2. The predicted molar refractivity (Wildman–Crippen MR) is 182 cm³/mol. The highest BCUT2D eigenvalue weighted by molar-refractivity contribution is 7.92. The molecule has 248 valence electrons. The Bertz CT molecular complexity index is 1730. The Balaban J connectivity index is 1.79. The quantitative estimate of drug-likeness (QED) is 0.166. The number of ether oxygens (including phenoxy) is 1. The first-order valence-corrected chi connectivity index (χ1v) is 17.1. The maximum Gasteiger partial charge on any atom is 0.264 e. The third-order valence-electron chi connectivity index (χ3n) is 7.67. The van der Waals surface area contributed by atoms with Crippen molar-refractivity contribution < 1.29 is 27.1 Å². The van der Waals surface area contributed by atoms with Gasteiger partial charge in [0.1, 0.15) is 24.2 Å². The van der Waals surface area contributed by atoms with Crippen LogP contribution in [0.25, 0.3) is 0 Å². The lowest BCUT2D eigenvalue weighted by molar-refractivity contribution is -0.140. The number of carbonyl (C=O) groups excluding carboxylic acids is 2. The molecule has 1 atom stereocenters. The molecule has 0 aliphatic heterocycles. The molecule has 0 aliphatic carbocycles. The van der Waals surface area contributed by atoms with Gasteiger partial charge in [0.2, 0.25) is 11.8 Å². The third-order valence-corrected chi connectivity index (χ3v) is 9.46. The van der Waals surface area contributed by atoms with Crippen LogP contribution in [0.2, 0.25) is 0 Å². The minimum Gasteiger partial charge on any atom is -0.494 e. The number of nitrogens with zero attached hydrogens (tertiary/aromatic N) is 2. The van der Waals surface area contributed by atoms with Gasteiger partial charge in [0.05, 0.1) is 17.2 Å². The molecule has 0 unspecified atom stereocenters. The highest BCUT2D eigenvalue weighted by Gasteiger charge is 2.35. The Labute approximate surface area is 277 Å². The molecular formula is C37H42FN3O5S. The molecule has 10 heteroatoms. The SMILES string of the molecule is CCOc1ccc(S(=O)(=O)N(CC(=O)N(Cc2ccccc2C)[C@H](Cc2ccccc2)C(=O)NCC(C)C)c2ccc(F)cc2)cc1. The Hall–Kier alpha value is -4.70. The van der Waals surface area contributed by atoms with Crippen LogP contribution in [0.4, 0.5) is 10.1 Å². The maximum absolute atomic E-state index is 14.5. The van der Waals surface area contributed by atoms with E-state index in [2.05, 4.69) is 5.32 Å². The van der Waals surface area contributed by atoms with Crippen molar-refractivity contribution in [2.24, 2.45) is 5.92 Å². The molecular weight excluding hydrogens is 617 g/mol. The summed E-state index contributed by atoms with van der Waals surface area (Å²) in [5.74, 6) is -0.814. The summed E-state index contributed by atoms with van der Waals surface area (Å²) in [5.41, 5.74) is 2.69. The first-order valence-electron chi connectivity index (χ1n) is 15.7. The zero-order valence-electron chi connectivity index (χ0n) is 27.2. The van der Waals surface area contributed by atoms with Crippen LogP contribution >= 0.6 is 0 Å². The lowest BCUT2D eigenvalue weighted by Gasteiger charge is -2.34. The van der Waals surface area contributed by atoms with Crippen LogP contribution in [0.3, 0.4) is 0 Å². The summed E-state index contributed by atoms with van der Waals surface area (Å²) in [6.45, 7) is 7.96. The number of sulfonamides is 1. The number of amides is 2. The van der Waals surface area contributed by atoms with E-state index in [1.54, 1.807) is 12.1 Å². The van der Waals surface area contributed by atoms with Gasteiger partial charge in [-0.25, -0.2) is 12.8 Å². The summed E-state index contributed by atoms with van der Waals surface area (Å²) in [7, 11) is -4.33. The number of benzene rings is 4. The standard InChI is InChI=1S/C37H42FN3O5S/c1-5-46-33-19-21-34(22-20-33)47(44,45)41(32-17-15-31(38)16-18-32)26-36(42)40(25-30-14-10-9-11-28(30)4)35(37(43)39-24-27(2)3)23-29-12-7-6-8-13-29/h6-22,27,35H,5,23-26H2,1-4H3,(H,39,43)/t35-/m1/s1. The molecule has 0 aromatic heterocycles. The van der Waals surface area contributed by atoms with Gasteiger partial charge in [-0.05, 0) is 85.0 Å². The van der Waals surface area contributed by atoms with E-state index in [1.165, 1.54) is 29.2 Å². The van der Waals surface area contributed by atoms with Crippen molar-refractivity contribution >= 4 is 27.5 Å². The van der Waals surface area contributed by atoms with E-state index in [1.807, 2.05) is 82.3 Å². The van der Waals surface area contributed by atoms with E-state index < -0.39 is 34.3 Å². The fraction of sp³-hybridized carbons (Fsp3) is 0.297. The van der Waals surface area contributed by atoms with Crippen LogP contribution in [-0.2, 0) is 32.6 Å². The van der Waals surface area contributed by atoms with Crippen molar-refractivity contribution in [3.63, 3.8) is 0 Å². The van der Waals surface area contributed by atoms with Gasteiger partial charge in [0.15, 0.2) is 0 Å². The molecule has 4 aromatic carbocycles. The molecule has 0 heterocycles. The molecule has 4 aromatic rings. The van der Waals surface area contributed by atoms with E-state index in [9.17, 15) is 22.4 Å². The third kappa shape index (κ3) is 9.42. The molecule has 0 bridgehead atoms. The van der Waals surface area contributed by atoms with Crippen LogP contribution in [0, 0.1) is 18.7 Å². The van der Waals surface area contributed by atoms with E-state index >= 15 is 0 Å². The second kappa shape index (κ2) is 16.2. The molecule has 0 saturated heterocycles. The van der Waals surface area contributed by atoms with Gasteiger partial charge in [-0.15, -0.1) is 0 Å². The number of aryl methyl sites for hydroxylation is 1. The van der Waals surface area contributed by atoms with Crippen LogP contribution in [-0.4, -0.2) is 50.9 Å². The molecule has 0 aliphatic rings. The van der Waals surface area contributed by atoms with Gasteiger partial charge in [0, 0.05) is 19.5 Å². The van der Waals surface area contributed by atoms with Gasteiger partial charge < -0.3 is 15.0 Å². The molecule has 8 nitrogen and oxygen atoms in total. The highest BCUT2D eigenvalue weighted by atomic mass is 32.2. The number of anilines is 1. The number of nitrogens with one attached hydrogen (secondary N) is 1. The van der Waals surface area contributed by atoms with Crippen molar-refractivity contribution in [1.29, 1.82) is 0 Å². The van der Waals surface area contributed by atoms with Gasteiger partial charge in [-0.2, -0.15) is 0 Å². The number of hydrogen-bond acceptors (Lipinski definition) is 5. The normalized spacial score (nSPS) is 12.0. The second-order valence-electron chi connectivity index (χ2n) is 11.7. The Morgan fingerprint density at radius 1 is 0.872 bits per heavy atom. The van der Waals surface area contributed by atoms with E-state index in [4.69, 9.17) is 4.74 Å². The minimum atomic E-state index is -4.33. The average molecular weight is 660 g/mol. The molecule has 0 radical (unpaired) electrons. The summed E-state index contributed by atoms with van der Waals surface area (Å²) >= 11 is 0. The zero-order valence-corrected chi connectivity index (χ0v) is 28.0. The van der Waals surface area contributed by atoms with Gasteiger partial charge >= 0.3 is 0 Å². The van der Waals surface area contributed by atoms with Gasteiger partial charge in [-0.3, -0.25) is 13.9 Å². The summed E-state index contributed by atoms with van der Waals surface area (Å²) in [4.78, 5) is 29.8. The van der Waals surface area contributed by atoms with Crippen LogP contribution in [0.15, 0.2) is 108 Å². The van der Waals surface area contributed by atoms with Gasteiger partial charge in [-0.1, -0.05) is 68.4 Å². The molecule has 0 saturated carbocycles. The largest absolute Gasteiger partial charge is 0.494 e. The minimum absolute atomic E-state index is 0.0679. The molecule has 0 fully saturated rings. The lowest BCUT2D eigenvalue weighted by atomic mass is 10.0. The zero-order chi connectivity index (χ0) is 34.0. The topological polar surface area (TPSA) is 96.0 Å². The fourth-order valence-electron chi connectivity index (χ4n) is 5.09. The van der Waals surface area contributed by atoms with E-state index in [0.29, 0.717) is 18.9 Å². The van der Waals surface area contributed by atoms with Crippen LogP contribution < -0.4 is 14.4 Å². The Morgan fingerprint density at radius 3 is 2.13 bits per heavy atom. The smallest absolute Gasteiger partial charge is 0.264 e. The molecule has 2 amide bonds. The van der Waals surface area contributed by atoms with Crippen molar-refractivity contribution in [3.05, 3.63) is 126 Å². The second-order valence-corrected chi connectivity index (χ2v) is 13.5. The molecule has 1 N–H and O–H groups in total. The molecule has 0 spiro atoms. The monoisotopic (exact) mass is 659 g/mol. The summed E-state index contributed by atoms with van der Waals surface area (Å²) in [6.07, 6.45) is 0.213. The average Bonchev–Trinajstić information content (AvgIpc) is 3.06. The van der Waals surface area contributed by atoms with Crippen molar-refractivity contribution in [1.82, 2.24) is 10.2 Å². The number of halogens is 1. The molecule has 47 heavy (non-hydrogen) atoms. The van der Waals surface area contributed by atoms with E-state index in [0.717, 1.165) is 33.1 Å². The number of hydrogen-bond donors (Lipinski definition) is 1. The van der Waals surface area contributed by atoms with Crippen molar-refractivity contribution in [3.8, 4) is 5.75 Å².